The van der Waals surface area contributed by atoms with E-state index in [2.05, 4.69) is 23.7 Å². The number of carbonyl (C=O) groups is 2. The third-order valence-electron chi connectivity index (χ3n) is 5.95. The van der Waals surface area contributed by atoms with Gasteiger partial charge in [0.15, 0.2) is 0 Å². The highest BCUT2D eigenvalue weighted by molar-refractivity contribution is 5.97. The Balaban J connectivity index is 1.93. The molecule has 1 aromatic heterocycles. The number of ether oxygens (including phenoxy) is 1. The van der Waals surface area contributed by atoms with Crippen molar-refractivity contribution in [2.24, 2.45) is 5.92 Å². The van der Waals surface area contributed by atoms with Gasteiger partial charge >= 0.3 is 0 Å². The van der Waals surface area contributed by atoms with Gasteiger partial charge in [0.2, 0.25) is 5.88 Å². The fraction of sp³-hybridized carbons (Fsp3) is 0.444. The lowest BCUT2D eigenvalue weighted by atomic mass is 9.99. The maximum Gasteiger partial charge on any atom is 0.259 e. The van der Waals surface area contributed by atoms with Crippen LogP contribution in [0.25, 0.3) is 0 Å². The lowest BCUT2D eigenvalue weighted by Crippen LogP contribution is -2.50. The Morgan fingerprint density at radius 3 is 2.76 bits per heavy atom. The summed E-state index contributed by atoms with van der Waals surface area (Å²) < 4.78 is 6.26. The smallest absolute Gasteiger partial charge is 0.259 e. The van der Waals surface area contributed by atoms with Crippen LogP contribution in [0.1, 0.15) is 59.9 Å². The van der Waals surface area contributed by atoms with E-state index in [0.29, 0.717) is 29.8 Å². The van der Waals surface area contributed by atoms with Gasteiger partial charge in [-0.3, -0.25) is 9.59 Å². The number of benzene rings is 1. The molecule has 7 nitrogen and oxygen atoms in total. The molecule has 180 valence electrons. The van der Waals surface area contributed by atoms with Gasteiger partial charge in [-0.25, -0.2) is 4.98 Å². The number of amides is 2. The molecule has 0 saturated carbocycles. The number of hydrogen-bond donors (Lipinski definition) is 1. The number of likely N-dealkylation sites (N-methyl/N-ethyl adjacent to an activating group) is 1. The summed E-state index contributed by atoms with van der Waals surface area (Å²) in [6, 6.07) is 10.4. The second kappa shape index (κ2) is 11.7. The molecule has 1 N–H and O–H groups in total. The summed E-state index contributed by atoms with van der Waals surface area (Å²) in [4.78, 5) is 34.0. The molecule has 0 aliphatic carbocycles. The quantitative estimate of drug-likeness (QED) is 0.665. The van der Waals surface area contributed by atoms with Gasteiger partial charge in [0.1, 0.15) is 11.7 Å². The Labute approximate surface area is 201 Å². The highest BCUT2D eigenvalue weighted by atomic mass is 16.5. The van der Waals surface area contributed by atoms with Crippen molar-refractivity contribution in [1.82, 2.24) is 14.8 Å². The van der Waals surface area contributed by atoms with Crippen LogP contribution >= 0.6 is 0 Å². The minimum absolute atomic E-state index is 0.107. The predicted molar refractivity (Wildman–Crippen MR) is 131 cm³/mol. The van der Waals surface area contributed by atoms with Crippen LogP contribution in [0.2, 0.25) is 0 Å². The third kappa shape index (κ3) is 5.95. The summed E-state index contributed by atoms with van der Waals surface area (Å²) in [5.41, 5.74) is 1.56. The molecule has 1 aromatic carbocycles. The minimum Gasteiger partial charge on any atom is -0.472 e. The Bertz CT molecular complexity index is 1060. The molecular formula is C27H33N3O4. The molecule has 2 heterocycles. The first-order valence-electron chi connectivity index (χ1n) is 11.7. The van der Waals surface area contributed by atoms with Crippen LogP contribution in [-0.2, 0) is 0 Å². The summed E-state index contributed by atoms with van der Waals surface area (Å²) in [6.45, 7) is 6.39. The Kier molecular flexibility index (Phi) is 8.67. The summed E-state index contributed by atoms with van der Waals surface area (Å²) in [7, 11) is 1.74. The van der Waals surface area contributed by atoms with Gasteiger partial charge in [0.25, 0.3) is 11.8 Å². The molecule has 0 fully saturated rings. The summed E-state index contributed by atoms with van der Waals surface area (Å²) in [5.74, 6) is 5.89. The number of unbranched alkanes of at least 4 members (excludes halogenated alkanes) is 1. The summed E-state index contributed by atoms with van der Waals surface area (Å²) in [6.07, 6.45) is 2.92. The lowest BCUT2D eigenvalue weighted by molar-refractivity contribution is 0.0313. The summed E-state index contributed by atoms with van der Waals surface area (Å²) in [5, 5.41) is 9.79. The first-order chi connectivity index (χ1) is 16.3. The molecule has 3 atom stereocenters. The van der Waals surface area contributed by atoms with Crippen LogP contribution in [0.5, 0.6) is 5.88 Å². The minimum atomic E-state index is -0.401. The maximum atomic E-state index is 13.4. The highest BCUT2D eigenvalue weighted by Gasteiger charge is 2.34. The second-order valence-electron chi connectivity index (χ2n) is 8.80. The molecule has 3 rings (SSSR count). The molecular weight excluding hydrogens is 430 g/mol. The van der Waals surface area contributed by atoms with Crippen molar-refractivity contribution in [2.45, 2.75) is 45.8 Å². The normalized spacial score (nSPS) is 18.5. The number of aromatic nitrogens is 1. The number of aliphatic hydroxyl groups excluding tert-OH is 1. The fourth-order valence-corrected chi connectivity index (χ4v) is 3.83. The topological polar surface area (TPSA) is 83.0 Å². The zero-order valence-electron chi connectivity index (χ0n) is 20.3. The van der Waals surface area contributed by atoms with Crippen molar-refractivity contribution in [2.75, 3.05) is 26.7 Å². The molecule has 2 aromatic rings. The first-order valence-corrected chi connectivity index (χ1v) is 11.7. The van der Waals surface area contributed by atoms with Crippen molar-refractivity contribution >= 4 is 11.8 Å². The van der Waals surface area contributed by atoms with Gasteiger partial charge in [-0.05, 0) is 31.5 Å². The standard InChI is InChI=1S/C27H33N3O4/c1-5-6-8-11-21-14-23-25(28-15-21)34-24(19(2)16-30(27(23)33)20(3)18-31)17-29(4)26(32)22-12-9-7-10-13-22/h7,9-10,12-15,19-20,24,31H,5-6,16-18H2,1-4H3/t19-,20+,24-/m0/s1. The molecule has 0 spiro atoms. The van der Waals surface area contributed by atoms with Gasteiger partial charge in [0, 0.05) is 43.3 Å². The van der Waals surface area contributed by atoms with Crippen LogP contribution in [0, 0.1) is 17.8 Å². The van der Waals surface area contributed by atoms with E-state index in [-0.39, 0.29) is 36.3 Å². The number of pyridine rings is 1. The Morgan fingerprint density at radius 1 is 1.35 bits per heavy atom. The zero-order chi connectivity index (χ0) is 24.7. The molecule has 0 saturated heterocycles. The average Bonchev–Trinajstić information content (AvgIpc) is 2.86. The molecule has 2 amide bonds. The first kappa shape index (κ1) is 25.3. The van der Waals surface area contributed by atoms with E-state index in [0.717, 1.165) is 12.8 Å². The van der Waals surface area contributed by atoms with Crippen LogP contribution in [0.3, 0.4) is 0 Å². The van der Waals surface area contributed by atoms with Crippen LogP contribution in [-0.4, -0.2) is 70.6 Å². The number of hydrogen-bond acceptors (Lipinski definition) is 5. The molecule has 7 heteroatoms. The molecule has 1 aliphatic rings. The van der Waals surface area contributed by atoms with Crippen molar-refractivity contribution in [3.05, 3.63) is 59.3 Å². The second-order valence-corrected chi connectivity index (χ2v) is 8.80. The zero-order valence-corrected chi connectivity index (χ0v) is 20.3. The van der Waals surface area contributed by atoms with E-state index >= 15 is 0 Å². The fourth-order valence-electron chi connectivity index (χ4n) is 3.83. The predicted octanol–water partition coefficient (Wildman–Crippen LogP) is 3.23. The number of carbonyl (C=O) groups excluding carboxylic acids is 2. The average molecular weight is 464 g/mol. The Hall–Kier alpha value is -3.37. The molecule has 1 aliphatic heterocycles. The SMILES string of the molecule is CCCC#Cc1cnc2c(c1)C(=O)N([C@H](C)CO)C[C@H](C)[C@H](CN(C)C(=O)c1ccccc1)O2. The maximum absolute atomic E-state index is 13.4. The monoisotopic (exact) mass is 463 g/mol. The number of rotatable bonds is 6. The molecule has 0 bridgehead atoms. The van der Waals surface area contributed by atoms with E-state index in [1.807, 2.05) is 32.0 Å². The van der Waals surface area contributed by atoms with Crippen molar-refractivity contribution in [3.8, 4) is 17.7 Å². The van der Waals surface area contributed by atoms with E-state index in [1.165, 1.54) is 0 Å². The number of fused-ring (bicyclic) bond motifs is 1. The summed E-state index contributed by atoms with van der Waals surface area (Å²) >= 11 is 0. The van der Waals surface area contributed by atoms with Gasteiger partial charge in [-0.15, -0.1) is 0 Å². The van der Waals surface area contributed by atoms with Gasteiger partial charge < -0.3 is 19.6 Å². The number of aliphatic hydroxyl groups is 1. The van der Waals surface area contributed by atoms with Crippen LogP contribution < -0.4 is 4.74 Å². The number of nitrogens with zero attached hydrogens (tertiary/aromatic N) is 3. The van der Waals surface area contributed by atoms with Gasteiger partial charge in [-0.1, -0.05) is 43.9 Å². The van der Waals surface area contributed by atoms with Gasteiger partial charge in [0.05, 0.1) is 19.2 Å². The highest BCUT2D eigenvalue weighted by Crippen LogP contribution is 2.27. The molecule has 0 radical (unpaired) electrons. The van der Waals surface area contributed by atoms with Crippen molar-refractivity contribution in [3.63, 3.8) is 0 Å². The Morgan fingerprint density at radius 2 is 2.09 bits per heavy atom. The van der Waals surface area contributed by atoms with E-state index in [1.54, 1.807) is 41.2 Å². The van der Waals surface area contributed by atoms with E-state index < -0.39 is 6.10 Å². The van der Waals surface area contributed by atoms with Crippen molar-refractivity contribution in [1.29, 1.82) is 0 Å². The van der Waals surface area contributed by atoms with Crippen LogP contribution in [0.15, 0.2) is 42.6 Å². The van der Waals surface area contributed by atoms with Crippen LogP contribution in [0.4, 0.5) is 0 Å². The van der Waals surface area contributed by atoms with E-state index in [4.69, 9.17) is 4.74 Å². The van der Waals surface area contributed by atoms with Gasteiger partial charge in [-0.2, -0.15) is 0 Å². The van der Waals surface area contributed by atoms with Crippen molar-refractivity contribution < 1.29 is 19.4 Å². The largest absolute Gasteiger partial charge is 0.472 e. The van der Waals surface area contributed by atoms with E-state index in [9.17, 15) is 14.7 Å². The third-order valence-corrected chi connectivity index (χ3v) is 5.95. The molecule has 0 unspecified atom stereocenters. The lowest BCUT2D eigenvalue weighted by Gasteiger charge is -2.37. The molecule has 34 heavy (non-hydrogen) atoms.